The third-order valence-electron chi connectivity index (χ3n) is 5.53. The average molecular weight is 431 g/mol. The number of carboxylic acids is 1. The van der Waals surface area contributed by atoms with Gasteiger partial charge < -0.3 is 20.8 Å². The van der Waals surface area contributed by atoms with Gasteiger partial charge >= 0.3 is 5.97 Å². The van der Waals surface area contributed by atoms with Crippen LogP contribution in [0, 0.1) is 0 Å². The first-order valence-corrected chi connectivity index (χ1v) is 10.5. The molecule has 0 aromatic heterocycles. The highest BCUT2D eigenvalue weighted by molar-refractivity contribution is 6.09. The summed E-state index contributed by atoms with van der Waals surface area (Å²) in [6, 6.07) is 19.3. The Hall–Kier alpha value is -3.68. The lowest BCUT2D eigenvalue weighted by Crippen LogP contribution is -2.42. The zero-order valence-electron chi connectivity index (χ0n) is 17.5. The fourth-order valence-electron chi connectivity index (χ4n) is 3.82. The van der Waals surface area contributed by atoms with Crippen molar-refractivity contribution in [2.45, 2.75) is 6.54 Å². The van der Waals surface area contributed by atoms with Crippen molar-refractivity contribution in [3.8, 4) is 16.9 Å². The highest BCUT2D eigenvalue weighted by Gasteiger charge is 2.18. The summed E-state index contributed by atoms with van der Waals surface area (Å²) in [5.41, 5.74) is 2.86. The normalized spacial score (nSPS) is 14.1. The number of nitrogens with one attached hydrogen (secondary N) is 2. The summed E-state index contributed by atoms with van der Waals surface area (Å²) in [5, 5.41) is 25.9. The monoisotopic (exact) mass is 431 g/mol. The Balaban J connectivity index is 1.60. The lowest BCUT2D eigenvalue weighted by atomic mass is 10.0. The van der Waals surface area contributed by atoms with Crippen LogP contribution in [0.2, 0.25) is 0 Å². The van der Waals surface area contributed by atoms with Crippen LogP contribution >= 0.6 is 0 Å². The fraction of sp³-hybridized carbons (Fsp3) is 0.200. The number of rotatable bonds is 6. The molecule has 1 aliphatic heterocycles. The zero-order valence-corrected chi connectivity index (χ0v) is 17.5. The standard InChI is InChI=1S/C25H25N3O4/c29-23-9-6-17(16-28-12-10-26-11-13-28)14-21(23)24(30)27-22-15-19(7-8-20(22)25(31)32)18-4-2-1-3-5-18/h1-9,14-15,26,29H,10-13,16H2,(H,27,30)(H,31,32). The van der Waals surface area contributed by atoms with E-state index in [1.165, 1.54) is 12.1 Å². The predicted octanol–water partition coefficient (Wildman–Crippen LogP) is 3.41. The van der Waals surface area contributed by atoms with Gasteiger partial charge in [-0.2, -0.15) is 0 Å². The Kier molecular flexibility index (Phi) is 6.49. The van der Waals surface area contributed by atoms with Gasteiger partial charge in [0.1, 0.15) is 5.75 Å². The van der Waals surface area contributed by atoms with Gasteiger partial charge in [0.15, 0.2) is 0 Å². The summed E-state index contributed by atoms with van der Waals surface area (Å²) in [6.07, 6.45) is 0. The van der Waals surface area contributed by atoms with Crippen LogP contribution in [0.4, 0.5) is 5.69 Å². The van der Waals surface area contributed by atoms with Crippen LogP contribution in [-0.2, 0) is 6.54 Å². The van der Waals surface area contributed by atoms with Crippen molar-refractivity contribution in [2.24, 2.45) is 0 Å². The number of hydrogen-bond donors (Lipinski definition) is 4. The van der Waals surface area contributed by atoms with Gasteiger partial charge in [-0.3, -0.25) is 9.69 Å². The van der Waals surface area contributed by atoms with E-state index in [4.69, 9.17) is 0 Å². The Morgan fingerprint density at radius 2 is 1.66 bits per heavy atom. The first-order valence-electron chi connectivity index (χ1n) is 10.5. The molecule has 3 aromatic carbocycles. The fourth-order valence-corrected chi connectivity index (χ4v) is 3.82. The number of nitrogens with zero attached hydrogens (tertiary/aromatic N) is 1. The zero-order chi connectivity index (χ0) is 22.5. The molecular formula is C25H25N3O4. The lowest BCUT2D eigenvalue weighted by molar-refractivity contribution is 0.0698. The second-order valence-electron chi connectivity index (χ2n) is 7.76. The third-order valence-corrected chi connectivity index (χ3v) is 5.53. The highest BCUT2D eigenvalue weighted by atomic mass is 16.4. The molecule has 4 rings (SSSR count). The van der Waals surface area contributed by atoms with Gasteiger partial charge in [0.2, 0.25) is 0 Å². The summed E-state index contributed by atoms with van der Waals surface area (Å²) >= 11 is 0. The summed E-state index contributed by atoms with van der Waals surface area (Å²) < 4.78 is 0. The molecule has 7 nitrogen and oxygen atoms in total. The molecule has 4 N–H and O–H groups in total. The summed E-state index contributed by atoms with van der Waals surface area (Å²) in [6.45, 7) is 4.34. The van der Waals surface area contributed by atoms with Gasteiger partial charge in [0, 0.05) is 32.7 Å². The van der Waals surface area contributed by atoms with Crippen LogP contribution in [0.25, 0.3) is 11.1 Å². The van der Waals surface area contributed by atoms with E-state index in [1.54, 1.807) is 24.3 Å². The molecule has 0 aliphatic carbocycles. The number of piperazine rings is 1. The Labute approximate surface area is 186 Å². The number of phenolic OH excluding ortho intramolecular Hbond substituents is 1. The largest absolute Gasteiger partial charge is 0.507 e. The first-order chi connectivity index (χ1) is 15.5. The van der Waals surface area contributed by atoms with Crippen LogP contribution in [0.15, 0.2) is 66.7 Å². The first kappa shape index (κ1) is 21.5. The molecule has 164 valence electrons. The van der Waals surface area contributed by atoms with E-state index < -0.39 is 11.9 Å². The number of carbonyl (C=O) groups is 2. The minimum absolute atomic E-state index is 0.0190. The van der Waals surface area contributed by atoms with Crippen LogP contribution in [0.3, 0.4) is 0 Å². The summed E-state index contributed by atoms with van der Waals surface area (Å²) in [5.74, 6) is -1.85. The molecule has 1 saturated heterocycles. The van der Waals surface area contributed by atoms with E-state index in [0.29, 0.717) is 6.54 Å². The van der Waals surface area contributed by atoms with E-state index in [-0.39, 0.29) is 22.6 Å². The van der Waals surface area contributed by atoms with Gasteiger partial charge in [0.05, 0.1) is 16.8 Å². The van der Waals surface area contributed by atoms with Gasteiger partial charge in [-0.1, -0.05) is 42.5 Å². The van der Waals surface area contributed by atoms with E-state index >= 15 is 0 Å². The number of benzene rings is 3. The second kappa shape index (κ2) is 9.64. The number of carboxylic acid groups (broad SMARTS) is 1. The molecule has 1 fully saturated rings. The molecule has 0 spiro atoms. The number of aromatic hydroxyl groups is 1. The quantitative estimate of drug-likeness (QED) is 0.477. The topological polar surface area (TPSA) is 102 Å². The van der Waals surface area contributed by atoms with Crippen LogP contribution in [-0.4, -0.2) is 53.2 Å². The van der Waals surface area contributed by atoms with Crippen LogP contribution in [0.5, 0.6) is 5.75 Å². The molecule has 0 atom stereocenters. The van der Waals surface area contributed by atoms with Crippen molar-refractivity contribution >= 4 is 17.6 Å². The van der Waals surface area contributed by atoms with Crippen molar-refractivity contribution in [3.63, 3.8) is 0 Å². The number of amides is 1. The van der Waals surface area contributed by atoms with Crippen molar-refractivity contribution < 1.29 is 19.8 Å². The summed E-state index contributed by atoms with van der Waals surface area (Å²) in [4.78, 5) is 27.0. The van der Waals surface area contributed by atoms with Gasteiger partial charge in [0.25, 0.3) is 5.91 Å². The van der Waals surface area contributed by atoms with Gasteiger partial charge in [-0.15, -0.1) is 0 Å². The predicted molar refractivity (Wildman–Crippen MR) is 123 cm³/mol. The average Bonchev–Trinajstić information content (AvgIpc) is 2.81. The molecule has 0 radical (unpaired) electrons. The Bertz CT molecular complexity index is 1130. The molecule has 0 saturated carbocycles. The molecule has 7 heteroatoms. The lowest BCUT2D eigenvalue weighted by Gasteiger charge is -2.27. The van der Waals surface area contributed by atoms with Crippen LogP contribution in [0.1, 0.15) is 26.3 Å². The molecule has 0 unspecified atom stereocenters. The number of aromatic carboxylic acids is 1. The van der Waals surface area contributed by atoms with E-state index in [1.807, 2.05) is 30.3 Å². The Morgan fingerprint density at radius 1 is 0.906 bits per heavy atom. The highest BCUT2D eigenvalue weighted by Crippen LogP contribution is 2.28. The van der Waals surface area contributed by atoms with Crippen LogP contribution < -0.4 is 10.6 Å². The number of hydrogen-bond acceptors (Lipinski definition) is 5. The number of carbonyl (C=O) groups excluding carboxylic acids is 1. The molecule has 1 heterocycles. The summed E-state index contributed by atoms with van der Waals surface area (Å²) in [7, 11) is 0. The minimum Gasteiger partial charge on any atom is -0.507 e. The maximum Gasteiger partial charge on any atom is 0.337 e. The minimum atomic E-state index is -1.14. The molecule has 0 bridgehead atoms. The van der Waals surface area contributed by atoms with E-state index in [2.05, 4.69) is 15.5 Å². The maximum atomic E-state index is 13.0. The van der Waals surface area contributed by atoms with E-state index in [0.717, 1.165) is 42.9 Å². The molecular weight excluding hydrogens is 406 g/mol. The van der Waals surface area contributed by atoms with Crippen molar-refractivity contribution in [2.75, 3.05) is 31.5 Å². The van der Waals surface area contributed by atoms with E-state index in [9.17, 15) is 19.8 Å². The van der Waals surface area contributed by atoms with Crippen molar-refractivity contribution in [3.05, 3.63) is 83.4 Å². The number of anilines is 1. The second-order valence-corrected chi connectivity index (χ2v) is 7.76. The van der Waals surface area contributed by atoms with Gasteiger partial charge in [-0.05, 0) is 41.0 Å². The molecule has 32 heavy (non-hydrogen) atoms. The Morgan fingerprint density at radius 3 is 2.38 bits per heavy atom. The van der Waals surface area contributed by atoms with Gasteiger partial charge in [-0.25, -0.2) is 4.79 Å². The molecule has 1 aliphatic rings. The number of phenols is 1. The molecule has 3 aromatic rings. The SMILES string of the molecule is O=C(Nc1cc(-c2ccccc2)ccc1C(=O)O)c1cc(CN2CCNCC2)ccc1O. The third kappa shape index (κ3) is 4.96. The molecule has 1 amide bonds. The van der Waals surface area contributed by atoms with Crippen molar-refractivity contribution in [1.29, 1.82) is 0 Å². The maximum absolute atomic E-state index is 13.0. The van der Waals surface area contributed by atoms with Crippen molar-refractivity contribution in [1.82, 2.24) is 10.2 Å². The smallest absolute Gasteiger partial charge is 0.337 e.